The number of benzene rings is 2. The van der Waals surface area contributed by atoms with Crippen molar-refractivity contribution in [2.24, 2.45) is 0 Å². The standard InChI is InChI=1S/C26H36N4O3S/c1-6-29(7-2)34(32,33)21-14-15-23-22(18-21)28-24(30(23)8-3)16-17-25(31)27-19-26(4,5)20-12-10-9-11-13-20/h9-15,18H,6-8,16-17,19H2,1-5H3,(H,27,31). The molecule has 0 radical (unpaired) electrons. The molecule has 1 heterocycles. The van der Waals surface area contributed by atoms with Gasteiger partial charge in [0.15, 0.2) is 0 Å². The second-order valence-electron chi connectivity index (χ2n) is 9.04. The lowest BCUT2D eigenvalue weighted by molar-refractivity contribution is -0.121. The monoisotopic (exact) mass is 484 g/mol. The zero-order valence-electron chi connectivity index (χ0n) is 20.8. The summed E-state index contributed by atoms with van der Waals surface area (Å²) in [5.74, 6) is 0.760. The maximum atomic E-state index is 12.9. The molecule has 0 aliphatic carbocycles. The van der Waals surface area contributed by atoms with E-state index < -0.39 is 10.0 Å². The highest BCUT2D eigenvalue weighted by molar-refractivity contribution is 7.89. The summed E-state index contributed by atoms with van der Waals surface area (Å²) in [5.41, 5.74) is 2.52. The van der Waals surface area contributed by atoms with Crippen LogP contribution in [0.15, 0.2) is 53.4 Å². The summed E-state index contributed by atoms with van der Waals surface area (Å²) in [6.07, 6.45) is 0.803. The highest BCUT2D eigenvalue weighted by atomic mass is 32.2. The van der Waals surface area contributed by atoms with Crippen molar-refractivity contribution >= 4 is 27.0 Å². The second kappa shape index (κ2) is 10.7. The fraction of sp³-hybridized carbons (Fsp3) is 0.462. The maximum absolute atomic E-state index is 12.9. The van der Waals surface area contributed by atoms with E-state index in [2.05, 4.69) is 31.3 Å². The van der Waals surface area contributed by atoms with Gasteiger partial charge in [-0.05, 0) is 30.7 Å². The molecule has 2 aromatic carbocycles. The lowest BCUT2D eigenvalue weighted by Crippen LogP contribution is -2.36. The normalized spacial score (nSPS) is 12.4. The molecule has 0 aliphatic rings. The van der Waals surface area contributed by atoms with Crippen molar-refractivity contribution in [3.8, 4) is 0 Å². The Hall–Kier alpha value is -2.71. The molecule has 1 amide bonds. The van der Waals surface area contributed by atoms with Crippen molar-refractivity contribution in [3.05, 3.63) is 59.9 Å². The van der Waals surface area contributed by atoms with Gasteiger partial charge in [0.25, 0.3) is 0 Å². The topological polar surface area (TPSA) is 84.3 Å². The molecule has 3 rings (SSSR count). The maximum Gasteiger partial charge on any atom is 0.243 e. The minimum Gasteiger partial charge on any atom is -0.355 e. The Morgan fingerprint density at radius 2 is 1.74 bits per heavy atom. The molecule has 3 aromatic rings. The predicted octanol–water partition coefficient (Wildman–Crippen LogP) is 4.11. The largest absolute Gasteiger partial charge is 0.355 e. The number of sulfonamides is 1. The number of hydrogen-bond acceptors (Lipinski definition) is 4. The molecule has 0 unspecified atom stereocenters. The zero-order valence-corrected chi connectivity index (χ0v) is 21.7. The molecular formula is C26H36N4O3S. The third-order valence-electron chi connectivity index (χ3n) is 6.32. The van der Waals surface area contributed by atoms with Gasteiger partial charge in [-0.3, -0.25) is 4.79 Å². The van der Waals surface area contributed by atoms with Gasteiger partial charge in [0, 0.05) is 44.4 Å². The number of aromatic nitrogens is 2. The summed E-state index contributed by atoms with van der Waals surface area (Å²) in [7, 11) is -3.55. The van der Waals surface area contributed by atoms with Crippen LogP contribution in [0.1, 0.15) is 52.4 Å². The Kier molecular flexibility index (Phi) is 8.15. The molecule has 0 saturated carbocycles. The van der Waals surface area contributed by atoms with Gasteiger partial charge < -0.3 is 9.88 Å². The lowest BCUT2D eigenvalue weighted by Gasteiger charge is -2.25. The van der Waals surface area contributed by atoms with E-state index >= 15 is 0 Å². The van der Waals surface area contributed by atoms with Gasteiger partial charge >= 0.3 is 0 Å². The van der Waals surface area contributed by atoms with Crippen LogP contribution < -0.4 is 5.32 Å². The lowest BCUT2D eigenvalue weighted by atomic mass is 9.84. The van der Waals surface area contributed by atoms with Crippen LogP contribution in [0.5, 0.6) is 0 Å². The molecule has 8 heteroatoms. The van der Waals surface area contributed by atoms with Gasteiger partial charge in [0.2, 0.25) is 15.9 Å². The second-order valence-corrected chi connectivity index (χ2v) is 11.0. The third kappa shape index (κ3) is 5.50. The van der Waals surface area contributed by atoms with Gasteiger partial charge in [-0.1, -0.05) is 58.0 Å². The number of hydrogen-bond donors (Lipinski definition) is 1. The van der Waals surface area contributed by atoms with E-state index in [9.17, 15) is 13.2 Å². The Morgan fingerprint density at radius 3 is 2.35 bits per heavy atom. The van der Waals surface area contributed by atoms with Gasteiger partial charge in [-0.15, -0.1) is 0 Å². The molecule has 0 fully saturated rings. The van der Waals surface area contributed by atoms with Crippen LogP contribution in [0, 0.1) is 0 Å². The van der Waals surface area contributed by atoms with Crippen molar-refractivity contribution < 1.29 is 13.2 Å². The Morgan fingerprint density at radius 1 is 1.06 bits per heavy atom. The molecule has 0 saturated heterocycles. The smallest absolute Gasteiger partial charge is 0.243 e. The third-order valence-corrected chi connectivity index (χ3v) is 8.36. The van der Waals surface area contributed by atoms with Crippen LogP contribution in [0.4, 0.5) is 0 Å². The van der Waals surface area contributed by atoms with E-state index in [1.165, 1.54) is 9.87 Å². The fourth-order valence-electron chi connectivity index (χ4n) is 4.20. The van der Waals surface area contributed by atoms with Crippen molar-refractivity contribution in [2.75, 3.05) is 19.6 Å². The van der Waals surface area contributed by atoms with Gasteiger partial charge in [0.1, 0.15) is 5.82 Å². The Balaban J connectivity index is 1.72. The quantitative estimate of drug-likeness (QED) is 0.444. The summed E-state index contributed by atoms with van der Waals surface area (Å²) in [4.78, 5) is 17.5. The van der Waals surface area contributed by atoms with Crippen LogP contribution in [0.25, 0.3) is 11.0 Å². The average Bonchev–Trinajstić information content (AvgIpc) is 3.19. The number of aryl methyl sites for hydroxylation is 2. The SMILES string of the molecule is CCN(CC)S(=O)(=O)c1ccc2c(c1)nc(CCC(=O)NCC(C)(C)c1ccccc1)n2CC. The first-order chi connectivity index (χ1) is 16.1. The number of nitrogens with one attached hydrogen (secondary N) is 1. The number of carbonyl (C=O) groups is 1. The van der Waals surface area contributed by atoms with Crippen molar-refractivity contribution in [1.29, 1.82) is 0 Å². The first-order valence-corrected chi connectivity index (χ1v) is 13.4. The van der Waals surface area contributed by atoms with Crippen LogP contribution in [0.3, 0.4) is 0 Å². The van der Waals surface area contributed by atoms with Crippen LogP contribution in [-0.2, 0) is 33.2 Å². The molecule has 1 N–H and O–H groups in total. The van der Waals surface area contributed by atoms with Crippen molar-refractivity contribution in [3.63, 3.8) is 0 Å². The molecule has 0 bridgehead atoms. The Bertz CT molecular complexity index is 1230. The van der Waals surface area contributed by atoms with Crippen molar-refractivity contribution in [2.45, 2.75) is 64.3 Å². The van der Waals surface area contributed by atoms with E-state index in [0.29, 0.717) is 44.5 Å². The molecule has 1 aromatic heterocycles. The summed E-state index contributed by atoms with van der Waals surface area (Å²) in [5, 5.41) is 3.06. The highest BCUT2D eigenvalue weighted by Crippen LogP contribution is 2.24. The van der Waals surface area contributed by atoms with Gasteiger partial charge in [-0.2, -0.15) is 4.31 Å². The highest BCUT2D eigenvalue weighted by Gasteiger charge is 2.24. The molecule has 184 valence electrons. The van der Waals surface area contributed by atoms with E-state index in [1.54, 1.807) is 12.1 Å². The van der Waals surface area contributed by atoms with E-state index in [0.717, 1.165) is 11.3 Å². The van der Waals surface area contributed by atoms with Crippen LogP contribution in [-0.4, -0.2) is 47.8 Å². The summed E-state index contributed by atoms with van der Waals surface area (Å²) in [6.45, 7) is 12.0. The van der Waals surface area contributed by atoms with Gasteiger partial charge in [0.05, 0.1) is 15.9 Å². The van der Waals surface area contributed by atoms with Crippen molar-refractivity contribution in [1.82, 2.24) is 19.2 Å². The van der Waals surface area contributed by atoms with E-state index in [-0.39, 0.29) is 16.2 Å². The molecule has 7 nitrogen and oxygen atoms in total. The van der Waals surface area contributed by atoms with Crippen LogP contribution >= 0.6 is 0 Å². The molecule has 34 heavy (non-hydrogen) atoms. The number of imidazole rings is 1. The van der Waals surface area contributed by atoms with E-state index in [1.807, 2.05) is 49.6 Å². The summed E-state index contributed by atoms with van der Waals surface area (Å²) >= 11 is 0. The molecule has 0 atom stereocenters. The number of fused-ring (bicyclic) bond motifs is 1. The molecule has 0 spiro atoms. The zero-order chi connectivity index (χ0) is 24.9. The summed E-state index contributed by atoms with van der Waals surface area (Å²) in [6, 6.07) is 15.2. The van der Waals surface area contributed by atoms with E-state index in [4.69, 9.17) is 4.98 Å². The average molecular weight is 485 g/mol. The first kappa shape index (κ1) is 25.9. The van der Waals surface area contributed by atoms with Crippen LogP contribution in [0.2, 0.25) is 0 Å². The molecule has 0 aliphatic heterocycles. The predicted molar refractivity (Wildman–Crippen MR) is 136 cm³/mol. The number of carbonyl (C=O) groups excluding carboxylic acids is 1. The first-order valence-electron chi connectivity index (χ1n) is 12.0. The Labute approximate surface area is 203 Å². The fourth-order valence-corrected chi connectivity index (χ4v) is 5.68. The number of rotatable bonds is 11. The minimum absolute atomic E-state index is 0.0245. The summed E-state index contributed by atoms with van der Waals surface area (Å²) < 4.78 is 29.3. The minimum atomic E-state index is -3.55. The number of amides is 1. The number of nitrogens with zero attached hydrogens (tertiary/aromatic N) is 3. The van der Waals surface area contributed by atoms with Gasteiger partial charge in [-0.25, -0.2) is 13.4 Å². The molecular weight excluding hydrogens is 448 g/mol.